The van der Waals surface area contributed by atoms with E-state index >= 15 is 0 Å². The van der Waals surface area contributed by atoms with Crippen LogP contribution in [-0.2, 0) is 4.79 Å². The second-order valence-electron chi connectivity index (χ2n) is 5.69. The van der Waals surface area contributed by atoms with Gasteiger partial charge in [0.15, 0.2) is 11.5 Å². The fourth-order valence-electron chi connectivity index (χ4n) is 2.65. The molecule has 20 heavy (non-hydrogen) atoms. The lowest BCUT2D eigenvalue weighted by Crippen LogP contribution is -2.24. The molecule has 0 bridgehead atoms. The highest BCUT2D eigenvalue weighted by Crippen LogP contribution is 2.40. The monoisotopic (exact) mass is 271 g/mol. The minimum absolute atomic E-state index is 0.0717. The highest BCUT2D eigenvalue weighted by atomic mass is 16.3. The Kier molecular flexibility index (Phi) is 2.73. The van der Waals surface area contributed by atoms with Crippen LogP contribution in [0.1, 0.15) is 31.1 Å². The Bertz CT molecular complexity index is 654. The van der Waals surface area contributed by atoms with Gasteiger partial charge in [-0.05, 0) is 37.9 Å². The van der Waals surface area contributed by atoms with Crippen molar-refractivity contribution < 1.29 is 9.21 Å². The molecular weight excluding hydrogens is 254 g/mol. The summed E-state index contributed by atoms with van der Waals surface area (Å²) in [6.45, 7) is 1.69. The molecule has 1 saturated carbocycles. The van der Waals surface area contributed by atoms with Gasteiger partial charge >= 0.3 is 0 Å². The number of rotatable bonds is 3. The van der Waals surface area contributed by atoms with Gasteiger partial charge in [0.2, 0.25) is 5.91 Å². The first-order valence-corrected chi connectivity index (χ1v) is 7.22. The molecule has 2 fully saturated rings. The van der Waals surface area contributed by atoms with Crippen LogP contribution in [0.2, 0.25) is 0 Å². The normalized spacial score (nSPS) is 22.3. The molecule has 1 aromatic heterocycles. The average Bonchev–Trinajstić information content (AvgIpc) is 3.00. The van der Waals surface area contributed by atoms with Crippen molar-refractivity contribution >= 4 is 22.7 Å². The maximum Gasteiger partial charge on any atom is 0.228 e. The van der Waals surface area contributed by atoms with Gasteiger partial charge in [0.05, 0.1) is 5.92 Å². The molecule has 0 radical (unpaired) electrons. The summed E-state index contributed by atoms with van der Waals surface area (Å²) in [4.78, 5) is 16.6. The third-order valence-corrected chi connectivity index (χ3v) is 4.03. The maximum absolute atomic E-state index is 12.1. The molecule has 1 saturated heterocycles. The molecule has 4 rings (SSSR count). The molecule has 1 unspecified atom stereocenters. The number of benzene rings is 1. The Morgan fingerprint density at radius 1 is 1.35 bits per heavy atom. The number of nitrogens with one attached hydrogen (secondary N) is 2. The third kappa shape index (κ3) is 2.18. The highest BCUT2D eigenvalue weighted by Gasteiger charge is 2.29. The van der Waals surface area contributed by atoms with Crippen LogP contribution in [-0.4, -0.2) is 24.0 Å². The zero-order valence-electron chi connectivity index (χ0n) is 11.2. The molecule has 1 aliphatic carbocycles. The number of hydrogen-bond donors (Lipinski definition) is 2. The van der Waals surface area contributed by atoms with Crippen molar-refractivity contribution in [3.05, 3.63) is 24.1 Å². The first-order chi connectivity index (χ1) is 9.79. The van der Waals surface area contributed by atoms with Crippen LogP contribution in [0.15, 0.2) is 22.6 Å². The summed E-state index contributed by atoms with van der Waals surface area (Å²) < 4.78 is 5.76. The lowest BCUT2D eigenvalue weighted by molar-refractivity contribution is -0.119. The summed E-state index contributed by atoms with van der Waals surface area (Å²) in [7, 11) is 0. The van der Waals surface area contributed by atoms with E-state index in [9.17, 15) is 4.79 Å². The van der Waals surface area contributed by atoms with E-state index in [1.165, 1.54) is 12.8 Å². The van der Waals surface area contributed by atoms with E-state index in [-0.39, 0.29) is 11.8 Å². The van der Waals surface area contributed by atoms with Gasteiger partial charge in [0.1, 0.15) is 5.52 Å². The number of nitrogens with zero attached hydrogens (tertiary/aromatic N) is 1. The lowest BCUT2D eigenvalue weighted by Gasteiger charge is -2.09. The molecular formula is C15H17N3O2. The topological polar surface area (TPSA) is 67.2 Å². The number of hydrogen-bond acceptors (Lipinski definition) is 4. The number of amides is 1. The predicted molar refractivity (Wildman–Crippen MR) is 75.6 cm³/mol. The largest absolute Gasteiger partial charge is 0.440 e. The van der Waals surface area contributed by atoms with Gasteiger partial charge in [0.25, 0.3) is 0 Å². The molecule has 104 valence electrons. The molecule has 1 atom stereocenters. The van der Waals surface area contributed by atoms with E-state index in [4.69, 9.17) is 4.42 Å². The van der Waals surface area contributed by atoms with Gasteiger partial charge in [-0.15, -0.1) is 0 Å². The smallest absolute Gasteiger partial charge is 0.228 e. The summed E-state index contributed by atoms with van der Waals surface area (Å²) >= 11 is 0. The van der Waals surface area contributed by atoms with Gasteiger partial charge < -0.3 is 15.1 Å². The van der Waals surface area contributed by atoms with Crippen molar-refractivity contribution in [1.29, 1.82) is 0 Å². The standard InChI is InChI=1S/C15H17N3O2/c19-14(10-5-6-16-8-10)17-11-3-4-12-13(7-11)20-15(18-12)9-1-2-9/h3-4,7,9-10,16H,1-2,5-6,8H2,(H,17,19). The summed E-state index contributed by atoms with van der Waals surface area (Å²) in [6, 6.07) is 5.67. The van der Waals surface area contributed by atoms with Crippen LogP contribution in [0.5, 0.6) is 0 Å². The van der Waals surface area contributed by atoms with Crippen LogP contribution in [0.25, 0.3) is 11.1 Å². The van der Waals surface area contributed by atoms with Crippen LogP contribution >= 0.6 is 0 Å². The number of fused-ring (bicyclic) bond motifs is 1. The van der Waals surface area contributed by atoms with Gasteiger partial charge in [-0.1, -0.05) is 0 Å². The van der Waals surface area contributed by atoms with Gasteiger partial charge in [-0.3, -0.25) is 4.79 Å². The van der Waals surface area contributed by atoms with E-state index in [1.807, 2.05) is 18.2 Å². The molecule has 5 heteroatoms. The van der Waals surface area contributed by atoms with Crippen LogP contribution in [0, 0.1) is 5.92 Å². The summed E-state index contributed by atoms with van der Waals surface area (Å²) in [5.41, 5.74) is 2.41. The third-order valence-electron chi connectivity index (χ3n) is 4.03. The predicted octanol–water partition coefficient (Wildman–Crippen LogP) is 2.25. The summed E-state index contributed by atoms with van der Waals surface area (Å²) in [6.07, 6.45) is 3.25. The summed E-state index contributed by atoms with van der Waals surface area (Å²) in [5.74, 6) is 1.49. The van der Waals surface area contributed by atoms with Crippen LogP contribution in [0.3, 0.4) is 0 Å². The molecule has 2 aliphatic rings. The van der Waals surface area contributed by atoms with Crippen molar-refractivity contribution in [2.24, 2.45) is 5.92 Å². The molecule has 1 amide bonds. The van der Waals surface area contributed by atoms with Crippen molar-refractivity contribution in [3.63, 3.8) is 0 Å². The van der Waals surface area contributed by atoms with Crippen LogP contribution < -0.4 is 10.6 Å². The molecule has 2 heterocycles. The van der Waals surface area contributed by atoms with Crippen molar-refractivity contribution in [3.8, 4) is 0 Å². The van der Waals surface area contributed by atoms with E-state index < -0.39 is 0 Å². The van der Waals surface area contributed by atoms with E-state index in [1.54, 1.807) is 0 Å². The molecule has 1 aliphatic heterocycles. The molecule has 2 N–H and O–H groups in total. The second-order valence-corrected chi connectivity index (χ2v) is 5.69. The molecule has 2 aromatic rings. The van der Waals surface area contributed by atoms with Gasteiger partial charge in [-0.2, -0.15) is 0 Å². The Morgan fingerprint density at radius 2 is 2.25 bits per heavy atom. The van der Waals surface area contributed by atoms with Crippen molar-refractivity contribution in [2.75, 3.05) is 18.4 Å². The zero-order valence-corrected chi connectivity index (χ0v) is 11.2. The Labute approximate surface area is 116 Å². The SMILES string of the molecule is O=C(Nc1ccc2nc(C3CC3)oc2c1)C1CCNC1. The second kappa shape index (κ2) is 4.59. The number of carbonyl (C=O) groups excluding carboxylic acids is 1. The quantitative estimate of drug-likeness (QED) is 0.898. The van der Waals surface area contributed by atoms with Gasteiger partial charge in [-0.25, -0.2) is 4.98 Å². The fraction of sp³-hybridized carbons (Fsp3) is 0.467. The van der Waals surface area contributed by atoms with E-state index in [0.717, 1.165) is 42.2 Å². The van der Waals surface area contributed by atoms with E-state index in [0.29, 0.717) is 5.92 Å². The number of carbonyl (C=O) groups is 1. The fourth-order valence-corrected chi connectivity index (χ4v) is 2.65. The zero-order chi connectivity index (χ0) is 13.5. The molecule has 5 nitrogen and oxygen atoms in total. The maximum atomic E-state index is 12.1. The average molecular weight is 271 g/mol. The summed E-state index contributed by atoms with van der Waals surface area (Å²) in [5, 5.41) is 6.17. The van der Waals surface area contributed by atoms with Crippen molar-refractivity contribution in [1.82, 2.24) is 10.3 Å². The molecule has 1 aromatic carbocycles. The number of aromatic nitrogens is 1. The number of oxazole rings is 1. The van der Waals surface area contributed by atoms with Gasteiger partial charge in [0, 0.05) is 24.2 Å². The Morgan fingerprint density at radius 3 is 3.00 bits per heavy atom. The van der Waals surface area contributed by atoms with Crippen molar-refractivity contribution in [2.45, 2.75) is 25.2 Å². The first-order valence-electron chi connectivity index (χ1n) is 7.22. The Hall–Kier alpha value is -1.88. The lowest BCUT2D eigenvalue weighted by atomic mass is 10.1. The first kappa shape index (κ1) is 11.9. The highest BCUT2D eigenvalue weighted by molar-refractivity contribution is 5.94. The number of anilines is 1. The van der Waals surface area contributed by atoms with E-state index in [2.05, 4.69) is 15.6 Å². The molecule has 0 spiro atoms. The van der Waals surface area contributed by atoms with Crippen LogP contribution in [0.4, 0.5) is 5.69 Å². The minimum atomic E-state index is 0.0717. The minimum Gasteiger partial charge on any atom is -0.440 e. The Balaban J connectivity index is 1.55.